The summed E-state index contributed by atoms with van der Waals surface area (Å²) in [5.74, 6) is 0.401. The monoisotopic (exact) mass is 310 g/mol. The predicted molar refractivity (Wildman–Crippen MR) is 80.7 cm³/mol. The number of nitrogens with one attached hydrogen (secondary N) is 1. The molecule has 21 heavy (non-hydrogen) atoms. The molecule has 0 spiro atoms. The maximum absolute atomic E-state index is 12.0. The third-order valence-electron chi connectivity index (χ3n) is 3.21. The fourth-order valence-corrected chi connectivity index (χ4v) is 2.32. The number of hydrogen-bond donors (Lipinski definition) is 4. The number of fused-ring (bicyclic) bond motifs is 1. The number of rotatable bonds is 5. The lowest BCUT2D eigenvalue weighted by atomic mass is 10.0. The van der Waals surface area contributed by atoms with Gasteiger partial charge in [-0.2, -0.15) is 12.6 Å². The van der Waals surface area contributed by atoms with E-state index in [2.05, 4.69) is 17.6 Å². The van der Waals surface area contributed by atoms with Gasteiger partial charge in [-0.25, -0.2) is 0 Å². The van der Waals surface area contributed by atoms with Gasteiger partial charge >= 0.3 is 5.69 Å². The normalized spacial score (nSPS) is 14.0. The van der Waals surface area contributed by atoms with E-state index in [0.717, 1.165) is 6.20 Å². The Morgan fingerprint density at radius 1 is 1.38 bits per heavy atom. The average Bonchev–Trinajstić information content (AvgIpc) is 2.46. The van der Waals surface area contributed by atoms with E-state index in [4.69, 9.17) is 0 Å². The summed E-state index contributed by atoms with van der Waals surface area (Å²) in [6, 6.07) is 4.44. The Morgan fingerprint density at radius 3 is 2.71 bits per heavy atom. The highest BCUT2D eigenvalue weighted by molar-refractivity contribution is 7.80. The second-order valence-corrected chi connectivity index (χ2v) is 5.04. The number of aromatic nitrogens is 1. The zero-order chi connectivity index (χ0) is 15.6. The van der Waals surface area contributed by atoms with Crippen LogP contribution in [0.2, 0.25) is 0 Å². The molecule has 1 aromatic heterocycles. The van der Waals surface area contributed by atoms with Crippen molar-refractivity contribution in [3.05, 3.63) is 50.3 Å². The highest BCUT2D eigenvalue weighted by Crippen LogP contribution is 2.22. The molecule has 0 fully saturated rings. The summed E-state index contributed by atoms with van der Waals surface area (Å²) in [5, 5.41) is 30.6. The number of aliphatic hydroxyl groups excluding tert-OH is 2. The van der Waals surface area contributed by atoms with Crippen LogP contribution in [0.25, 0.3) is 10.9 Å². The van der Waals surface area contributed by atoms with Crippen LogP contribution in [0.3, 0.4) is 0 Å². The van der Waals surface area contributed by atoms with E-state index >= 15 is 0 Å². The molecule has 2 rings (SSSR count). The number of nitrogens with zero attached hydrogens (tertiary/aromatic N) is 1. The molecule has 0 aliphatic carbocycles. The largest absolute Gasteiger partial charge is 0.390 e. The molecule has 112 valence electrons. The van der Waals surface area contributed by atoms with Crippen LogP contribution in [-0.4, -0.2) is 32.0 Å². The third-order valence-corrected chi connectivity index (χ3v) is 3.47. The number of thiol groups is 1. The zero-order valence-electron chi connectivity index (χ0n) is 10.9. The Hall–Kier alpha value is -1.90. The smallest absolute Gasteiger partial charge is 0.332 e. The standard InChI is InChI=1S/C13H14N2O5S/c16-11(3-4-21)12(17)7-1-2-9-8(5-7)13(18)10(6-14-9)15(19)20/h1-2,5-6,11-12,16-17,21H,3-4H2,(H,14,18). The molecule has 1 heterocycles. The molecule has 2 atom stereocenters. The van der Waals surface area contributed by atoms with Crippen molar-refractivity contribution < 1.29 is 15.1 Å². The van der Waals surface area contributed by atoms with Crippen LogP contribution in [0.5, 0.6) is 0 Å². The van der Waals surface area contributed by atoms with Crippen molar-refractivity contribution in [3.63, 3.8) is 0 Å². The molecule has 0 saturated carbocycles. The van der Waals surface area contributed by atoms with Crippen molar-refractivity contribution in [2.75, 3.05) is 5.75 Å². The van der Waals surface area contributed by atoms with Gasteiger partial charge in [-0.3, -0.25) is 14.9 Å². The fraction of sp³-hybridized carbons (Fsp3) is 0.308. The minimum Gasteiger partial charge on any atom is -0.390 e. The van der Waals surface area contributed by atoms with Crippen LogP contribution in [-0.2, 0) is 0 Å². The number of nitro groups is 1. The maximum Gasteiger partial charge on any atom is 0.332 e. The van der Waals surface area contributed by atoms with E-state index in [1.165, 1.54) is 12.1 Å². The molecule has 1 aromatic carbocycles. The molecule has 0 aliphatic heterocycles. The summed E-state index contributed by atoms with van der Waals surface area (Å²) in [6.07, 6.45) is -0.873. The number of aliphatic hydroxyl groups is 2. The van der Waals surface area contributed by atoms with E-state index in [-0.39, 0.29) is 11.8 Å². The van der Waals surface area contributed by atoms with Gasteiger partial charge in [0.25, 0.3) is 5.43 Å². The van der Waals surface area contributed by atoms with E-state index in [1.54, 1.807) is 6.07 Å². The van der Waals surface area contributed by atoms with Crippen molar-refractivity contribution in [2.24, 2.45) is 0 Å². The zero-order valence-corrected chi connectivity index (χ0v) is 11.8. The van der Waals surface area contributed by atoms with Crippen LogP contribution < -0.4 is 5.43 Å². The first-order chi connectivity index (χ1) is 9.95. The van der Waals surface area contributed by atoms with Gasteiger partial charge in [0.05, 0.1) is 22.6 Å². The fourth-order valence-electron chi connectivity index (χ4n) is 2.06. The molecule has 0 aliphatic rings. The Balaban J connectivity index is 2.52. The Morgan fingerprint density at radius 2 is 2.10 bits per heavy atom. The van der Waals surface area contributed by atoms with Crippen molar-refractivity contribution in [3.8, 4) is 0 Å². The van der Waals surface area contributed by atoms with Gasteiger partial charge in [0.15, 0.2) is 0 Å². The Labute approximate surface area is 124 Å². The lowest BCUT2D eigenvalue weighted by molar-refractivity contribution is -0.386. The Kier molecular flexibility index (Phi) is 4.61. The van der Waals surface area contributed by atoms with Crippen molar-refractivity contribution in [1.82, 2.24) is 4.98 Å². The van der Waals surface area contributed by atoms with Crippen molar-refractivity contribution in [2.45, 2.75) is 18.6 Å². The van der Waals surface area contributed by atoms with Crippen LogP contribution in [0.15, 0.2) is 29.2 Å². The van der Waals surface area contributed by atoms with Gasteiger partial charge in [-0.15, -0.1) is 0 Å². The summed E-state index contributed by atoms with van der Waals surface area (Å²) in [7, 11) is 0. The van der Waals surface area contributed by atoms with Gasteiger partial charge in [0.2, 0.25) is 0 Å². The van der Waals surface area contributed by atoms with Crippen LogP contribution in [0.4, 0.5) is 5.69 Å². The lowest BCUT2D eigenvalue weighted by Crippen LogP contribution is -2.19. The molecule has 0 saturated heterocycles. The van der Waals surface area contributed by atoms with Gasteiger partial charge in [0, 0.05) is 5.52 Å². The van der Waals surface area contributed by atoms with Crippen molar-refractivity contribution >= 4 is 29.2 Å². The molecular formula is C13H14N2O5S. The van der Waals surface area contributed by atoms with E-state index in [9.17, 15) is 25.1 Å². The highest BCUT2D eigenvalue weighted by atomic mass is 32.1. The summed E-state index contributed by atoms with van der Waals surface area (Å²) < 4.78 is 0. The predicted octanol–water partition coefficient (Wildman–Crippen LogP) is 1.15. The number of pyridine rings is 1. The van der Waals surface area contributed by atoms with Gasteiger partial charge < -0.3 is 15.2 Å². The molecule has 0 bridgehead atoms. The summed E-state index contributed by atoms with van der Waals surface area (Å²) in [6.45, 7) is 0. The third kappa shape index (κ3) is 3.07. The molecule has 7 nitrogen and oxygen atoms in total. The average molecular weight is 310 g/mol. The molecule has 0 amide bonds. The SMILES string of the molecule is O=c1c([N+](=O)[O-])c[nH]c2ccc(C(O)C(O)CCS)cc12. The van der Waals surface area contributed by atoms with Crippen LogP contribution in [0.1, 0.15) is 18.1 Å². The highest BCUT2D eigenvalue weighted by Gasteiger charge is 2.20. The first kappa shape index (κ1) is 15.5. The first-order valence-electron chi connectivity index (χ1n) is 6.22. The van der Waals surface area contributed by atoms with Crippen LogP contribution >= 0.6 is 12.6 Å². The summed E-state index contributed by atoms with van der Waals surface area (Å²) >= 11 is 3.98. The number of aromatic amines is 1. The minimum absolute atomic E-state index is 0.0961. The number of benzene rings is 1. The van der Waals surface area contributed by atoms with Gasteiger partial charge in [0.1, 0.15) is 6.10 Å². The molecule has 2 aromatic rings. The van der Waals surface area contributed by atoms with E-state index in [1.807, 2.05) is 0 Å². The summed E-state index contributed by atoms with van der Waals surface area (Å²) in [4.78, 5) is 24.7. The van der Waals surface area contributed by atoms with Gasteiger partial charge in [-0.1, -0.05) is 6.07 Å². The van der Waals surface area contributed by atoms with Crippen molar-refractivity contribution in [1.29, 1.82) is 0 Å². The second kappa shape index (κ2) is 6.25. The topological polar surface area (TPSA) is 116 Å². The molecule has 2 unspecified atom stereocenters. The molecule has 3 N–H and O–H groups in total. The van der Waals surface area contributed by atoms with Gasteiger partial charge in [-0.05, 0) is 29.9 Å². The van der Waals surface area contributed by atoms with Crippen LogP contribution in [0, 0.1) is 10.1 Å². The lowest BCUT2D eigenvalue weighted by Gasteiger charge is -2.17. The minimum atomic E-state index is -1.18. The molecule has 0 radical (unpaired) electrons. The van der Waals surface area contributed by atoms with E-state index < -0.39 is 28.2 Å². The number of hydrogen-bond acceptors (Lipinski definition) is 6. The Bertz CT molecular complexity index is 730. The second-order valence-electron chi connectivity index (χ2n) is 4.59. The summed E-state index contributed by atoms with van der Waals surface area (Å²) in [5.41, 5.74) is -0.551. The number of H-pyrrole nitrogens is 1. The maximum atomic E-state index is 12.0. The quantitative estimate of drug-likeness (QED) is 0.375. The first-order valence-corrected chi connectivity index (χ1v) is 6.85. The molecular weight excluding hydrogens is 296 g/mol. The van der Waals surface area contributed by atoms with E-state index in [0.29, 0.717) is 16.8 Å². The molecule has 8 heteroatoms.